The second-order valence-corrected chi connectivity index (χ2v) is 7.44. The predicted octanol–water partition coefficient (Wildman–Crippen LogP) is 3.43. The Morgan fingerprint density at radius 2 is 2.07 bits per heavy atom. The first-order valence-corrected chi connectivity index (χ1v) is 8.86. The van der Waals surface area contributed by atoms with E-state index < -0.39 is 17.7 Å². The minimum Gasteiger partial charge on any atom is -0.444 e. The number of carbonyl (C=O) groups excluding carboxylic acids is 2. The van der Waals surface area contributed by atoms with Crippen molar-refractivity contribution in [2.24, 2.45) is 0 Å². The molecule has 0 saturated carbocycles. The third kappa shape index (κ3) is 4.13. The molecule has 1 aromatic heterocycles. The molecule has 0 bridgehead atoms. The van der Waals surface area contributed by atoms with E-state index in [9.17, 15) is 9.59 Å². The molecule has 1 aromatic carbocycles. The zero-order chi connectivity index (χ0) is 20.5. The second kappa shape index (κ2) is 7.34. The molecule has 1 aliphatic rings. The smallest absolute Gasteiger partial charge is 0.412 e. The van der Waals surface area contributed by atoms with Crippen LogP contribution in [0.1, 0.15) is 37.9 Å². The quantitative estimate of drug-likeness (QED) is 0.748. The molecular weight excluding hydrogens is 360 g/mol. The Kier molecular flexibility index (Phi) is 5.08. The first kappa shape index (κ1) is 19.4. The summed E-state index contributed by atoms with van der Waals surface area (Å²) < 4.78 is 5.30. The van der Waals surface area contributed by atoms with Gasteiger partial charge in [0.2, 0.25) is 5.95 Å². The van der Waals surface area contributed by atoms with E-state index in [1.165, 1.54) is 0 Å². The van der Waals surface area contributed by atoms with Crippen LogP contribution in [0.5, 0.6) is 0 Å². The summed E-state index contributed by atoms with van der Waals surface area (Å²) in [6, 6.07) is 6.59. The first-order valence-electron chi connectivity index (χ1n) is 8.86. The van der Waals surface area contributed by atoms with E-state index in [2.05, 4.69) is 25.9 Å². The van der Waals surface area contributed by atoms with Crippen molar-refractivity contribution in [1.29, 1.82) is 0 Å². The number of benzene rings is 1. The molecule has 1 aliphatic heterocycles. The van der Waals surface area contributed by atoms with Crippen LogP contribution < -0.4 is 16.0 Å². The number of hydrogen-bond acceptors (Lipinski definition) is 6. The Bertz CT molecular complexity index is 909. The fourth-order valence-electron chi connectivity index (χ4n) is 2.94. The highest BCUT2D eigenvalue weighted by Crippen LogP contribution is 2.36. The maximum Gasteiger partial charge on any atom is 0.412 e. The lowest BCUT2D eigenvalue weighted by molar-refractivity contribution is 0.0636. The van der Waals surface area contributed by atoms with Crippen molar-refractivity contribution in [3.63, 3.8) is 0 Å². The van der Waals surface area contributed by atoms with Gasteiger partial charge >= 0.3 is 12.1 Å². The van der Waals surface area contributed by atoms with E-state index >= 15 is 0 Å². The van der Waals surface area contributed by atoms with Gasteiger partial charge in [0, 0.05) is 31.5 Å². The van der Waals surface area contributed by atoms with Crippen LogP contribution in [0.3, 0.4) is 0 Å². The standard InChI is InChI=1S/C19H24N6O3/c1-19(2,3)28-18(27)22-12-8-6-7-11(9-12)14-13-10-21-16(20-4)23-15(13)24-17(26)25(14)5/h6-10,14H,1-5H3,(H,22,27)(H2,20,21,23,24,26). The van der Waals surface area contributed by atoms with Crippen molar-refractivity contribution < 1.29 is 14.3 Å². The highest BCUT2D eigenvalue weighted by atomic mass is 16.6. The maximum atomic E-state index is 12.4. The molecule has 0 radical (unpaired) electrons. The molecular formula is C19H24N6O3. The minimum atomic E-state index is -0.593. The molecule has 9 heteroatoms. The topological polar surface area (TPSA) is 108 Å². The zero-order valence-electron chi connectivity index (χ0n) is 16.5. The van der Waals surface area contributed by atoms with Crippen LogP contribution in [-0.2, 0) is 4.74 Å². The van der Waals surface area contributed by atoms with Crippen LogP contribution in [0.15, 0.2) is 30.5 Å². The summed E-state index contributed by atoms with van der Waals surface area (Å²) in [6.45, 7) is 5.40. The average Bonchev–Trinajstić information content (AvgIpc) is 2.61. The lowest BCUT2D eigenvalue weighted by Crippen LogP contribution is -2.40. The molecule has 28 heavy (non-hydrogen) atoms. The third-order valence-electron chi connectivity index (χ3n) is 4.12. The van der Waals surface area contributed by atoms with Gasteiger partial charge in [-0.25, -0.2) is 14.6 Å². The summed E-state index contributed by atoms with van der Waals surface area (Å²) in [5, 5.41) is 8.35. The maximum absolute atomic E-state index is 12.4. The molecule has 148 valence electrons. The van der Waals surface area contributed by atoms with Gasteiger partial charge in [-0.05, 0) is 38.5 Å². The molecule has 0 spiro atoms. The number of carbonyl (C=O) groups is 2. The number of rotatable bonds is 3. The highest BCUT2D eigenvalue weighted by molar-refractivity contribution is 5.92. The molecule has 0 aliphatic carbocycles. The average molecular weight is 384 g/mol. The Labute approximate surface area is 163 Å². The largest absolute Gasteiger partial charge is 0.444 e. The minimum absolute atomic E-state index is 0.274. The summed E-state index contributed by atoms with van der Waals surface area (Å²) in [7, 11) is 3.41. The summed E-state index contributed by atoms with van der Waals surface area (Å²) in [5.41, 5.74) is 1.55. The molecule has 3 rings (SSSR count). The molecule has 2 heterocycles. The first-order chi connectivity index (χ1) is 13.2. The summed E-state index contributed by atoms with van der Waals surface area (Å²) in [6.07, 6.45) is 1.14. The Morgan fingerprint density at radius 1 is 1.32 bits per heavy atom. The van der Waals surface area contributed by atoms with Crippen molar-refractivity contribution in [3.05, 3.63) is 41.6 Å². The van der Waals surface area contributed by atoms with E-state index in [4.69, 9.17) is 4.74 Å². The third-order valence-corrected chi connectivity index (χ3v) is 4.12. The number of urea groups is 1. The number of amides is 3. The van der Waals surface area contributed by atoms with Gasteiger partial charge in [-0.2, -0.15) is 4.98 Å². The molecule has 1 atom stereocenters. The molecule has 0 saturated heterocycles. The van der Waals surface area contributed by atoms with Crippen molar-refractivity contribution >= 4 is 29.6 Å². The van der Waals surface area contributed by atoms with Crippen molar-refractivity contribution in [2.75, 3.05) is 30.0 Å². The molecule has 3 amide bonds. The number of hydrogen-bond donors (Lipinski definition) is 3. The van der Waals surface area contributed by atoms with E-state index in [0.29, 0.717) is 17.5 Å². The van der Waals surface area contributed by atoms with E-state index in [1.807, 2.05) is 12.1 Å². The van der Waals surface area contributed by atoms with Crippen LogP contribution in [-0.4, -0.2) is 46.7 Å². The van der Waals surface area contributed by atoms with Gasteiger partial charge in [-0.1, -0.05) is 12.1 Å². The molecule has 1 unspecified atom stereocenters. The Balaban J connectivity index is 1.93. The molecule has 0 fully saturated rings. The molecule has 9 nitrogen and oxygen atoms in total. The van der Waals surface area contributed by atoms with Crippen molar-refractivity contribution in [2.45, 2.75) is 32.4 Å². The lowest BCUT2D eigenvalue weighted by Gasteiger charge is -2.34. The zero-order valence-corrected chi connectivity index (χ0v) is 16.5. The fourth-order valence-corrected chi connectivity index (χ4v) is 2.94. The predicted molar refractivity (Wildman–Crippen MR) is 107 cm³/mol. The number of fused-ring (bicyclic) bond motifs is 1. The van der Waals surface area contributed by atoms with Gasteiger partial charge in [-0.3, -0.25) is 10.6 Å². The van der Waals surface area contributed by atoms with Crippen molar-refractivity contribution in [3.8, 4) is 0 Å². The second-order valence-electron chi connectivity index (χ2n) is 7.44. The van der Waals surface area contributed by atoms with E-state index in [0.717, 1.165) is 11.1 Å². The lowest BCUT2D eigenvalue weighted by atomic mass is 9.97. The van der Waals surface area contributed by atoms with Crippen LogP contribution >= 0.6 is 0 Å². The summed E-state index contributed by atoms with van der Waals surface area (Å²) in [4.78, 5) is 34.6. The van der Waals surface area contributed by atoms with Crippen LogP contribution in [0.2, 0.25) is 0 Å². The van der Waals surface area contributed by atoms with E-state index in [-0.39, 0.29) is 6.03 Å². The van der Waals surface area contributed by atoms with Gasteiger partial charge < -0.3 is 15.0 Å². The number of aromatic nitrogens is 2. The van der Waals surface area contributed by atoms with Crippen LogP contribution in [0.25, 0.3) is 0 Å². The van der Waals surface area contributed by atoms with Crippen molar-refractivity contribution in [1.82, 2.24) is 14.9 Å². The van der Waals surface area contributed by atoms with Crippen LogP contribution in [0.4, 0.5) is 27.0 Å². The number of nitrogens with zero attached hydrogens (tertiary/aromatic N) is 3. The van der Waals surface area contributed by atoms with Gasteiger partial charge in [-0.15, -0.1) is 0 Å². The SMILES string of the molecule is CNc1ncc2c(n1)NC(=O)N(C)C2c1cccc(NC(=O)OC(C)(C)C)c1. The van der Waals surface area contributed by atoms with Gasteiger partial charge in [0.25, 0.3) is 0 Å². The number of anilines is 3. The Morgan fingerprint density at radius 3 is 2.75 bits per heavy atom. The highest BCUT2D eigenvalue weighted by Gasteiger charge is 2.32. The number of nitrogens with one attached hydrogen (secondary N) is 3. The summed E-state index contributed by atoms with van der Waals surface area (Å²) in [5.74, 6) is 0.876. The van der Waals surface area contributed by atoms with Gasteiger partial charge in [0.05, 0.1) is 6.04 Å². The molecule has 2 aromatic rings. The van der Waals surface area contributed by atoms with E-state index in [1.54, 1.807) is 58.1 Å². The summed E-state index contributed by atoms with van der Waals surface area (Å²) >= 11 is 0. The van der Waals surface area contributed by atoms with Crippen LogP contribution in [0, 0.1) is 0 Å². The normalized spacial score (nSPS) is 16.1. The van der Waals surface area contributed by atoms with Gasteiger partial charge in [0.1, 0.15) is 11.4 Å². The molecule has 3 N–H and O–H groups in total. The Hall–Kier alpha value is -3.36. The van der Waals surface area contributed by atoms with Gasteiger partial charge in [0.15, 0.2) is 0 Å². The fraction of sp³-hybridized carbons (Fsp3) is 0.368. The number of ether oxygens (including phenoxy) is 1. The monoisotopic (exact) mass is 384 g/mol.